The van der Waals surface area contributed by atoms with E-state index in [4.69, 9.17) is 0 Å². The molecule has 0 unspecified atom stereocenters. The van der Waals surface area contributed by atoms with Gasteiger partial charge >= 0.3 is 0 Å². The topological polar surface area (TPSA) is 25.8 Å². The quantitative estimate of drug-likeness (QED) is 0.516. The molecule has 1 saturated carbocycles. The number of nitrogens with zero attached hydrogens (tertiary/aromatic N) is 2. The first kappa shape index (κ1) is 8.05. The van der Waals surface area contributed by atoms with E-state index in [1.807, 2.05) is 18.5 Å². The van der Waals surface area contributed by atoms with Crippen molar-refractivity contribution in [1.82, 2.24) is 9.97 Å². The summed E-state index contributed by atoms with van der Waals surface area (Å²) in [7, 11) is 0. The zero-order valence-electron chi connectivity index (χ0n) is 7.16. The van der Waals surface area contributed by atoms with Crippen LogP contribution < -0.4 is 0 Å². The summed E-state index contributed by atoms with van der Waals surface area (Å²) >= 11 is 1.61. The lowest BCUT2D eigenvalue weighted by Crippen LogP contribution is -2.10. The molecule has 1 heterocycles. The molecule has 2 nitrogen and oxygen atoms in total. The smallest absolute Gasteiger partial charge is 0.187 e. The SMILES string of the molecule is CSc1nccc(C2CCC2)n1. The van der Waals surface area contributed by atoms with Crippen LogP contribution in [0.1, 0.15) is 30.9 Å². The Kier molecular flexibility index (Phi) is 2.30. The van der Waals surface area contributed by atoms with Crippen LogP contribution in [-0.2, 0) is 0 Å². The van der Waals surface area contributed by atoms with Gasteiger partial charge in [0.15, 0.2) is 5.16 Å². The van der Waals surface area contributed by atoms with Crippen molar-refractivity contribution < 1.29 is 0 Å². The van der Waals surface area contributed by atoms with Gasteiger partial charge in [-0.25, -0.2) is 9.97 Å². The Morgan fingerprint density at radius 2 is 2.33 bits per heavy atom. The van der Waals surface area contributed by atoms with Crippen molar-refractivity contribution in [2.24, 2.45) is 0 Å². The summed E-state index contributed by atoms with van der Waals surface area (Å²) in [5, 5.41) is 0.902. The van der Waals surface area contributed by atoms with Gasteiger partial charge in [-0.1, -0.05) is 18.2 Å². The second-order valence-electron chi connectivity index (χ2n) is 3.10. The van der Waals surface area contributed by atoms with Crippen LogP contribution in [-0.4, -0.2) is 16.2 Å². The molecule has 0 amide bonds. The molecule has 64 valence electrons. The first-order valence-electron chi connectivity index (χ1n) is 4.27. The molecule has 0 aliphatic heterocycles. The van der Waals surface area contributed by atoms with Crippen molar-refractivity contribution >= 4 is 11.8 Å². The molecule has 2 rings (SSSR count). The molecule has 0 bridgehead atoms. The van der Waals surface area contributed by atoms with E-state index in [0.717, 1.165) is 11.1 Å². The molecule has 3 heteroatoms. The molecule has 0 N–H and O–H groups in total. The fourth-order valence-corrected chi connectivity index (χ4v) is 1.75. The van der Waals surface area contributed by atoms with Crippen molar-refractivity contribution in [3.05, 3.63) is 18.0 Å². The lowest BCUT2D eigenvalue weighted by molar-refractivity contribution is 0.408. The molecule has 0 aromatic carbocycles. The summed E-state index contributed by atoms with van der Waals surface area (Å²) in [5.41, 5.74) is 1.24. The normalized spacial score (nSPS) is 17.4. The highest BCUT2D eigenvalue weighted by Gasteiger charge is 2.20. The Labute approximate surface area is 76.8 Å². The molecular formula is C9H12N2S. The fraction of sp³-hybridized carbons (Fsp3) is 0.556. The minimum absolute atomic E-state index is 0.721. The molecule has 0 spiro atoms. The Morgan fingerprint density at radius 3 is 2.92 bits per heavy atom. The Balaban J connectivity index is 2.19. The van der Waals surface area contributed by atoms with Gasteiger partial charge in [0.25, 0.3) is 0 Å². The van der Waals surface area contributed by atoms with Gasteiger partial charge in [0.2, 0.25) is 0 Å². The monoisotopic (exact) mass is 180 g/mol. The molecule has 1 aromatic rings. The summed E-state index contributed by atoms with van der Waals surface area (Å²) < 4.78 is 0. The predicted octanol–water partition coefficient (Wildman–Crippen LogP) is 2.47. The van der Waals surface area contributed by atoms with Gasteiger partial charge in [0, 0.05) is 17.8 Å². The van der Waals surface area contributed by atoms with Gasteiger partial charge in [-0.2, -0.15) is 0 Å². The highest BCUT2D eigenvalue weighted by molar-refractivity contribution is 7.98. The zero-order valence-corrected chi connectivity index (χ0v) is 7.97. The van der Waals surface area contributed by atoms with Crippen molar-refractivity contribution in [2.75, 3.05) is 6.26 Å². The number of hydrogen-bond acceptors (Lipinski definition) is 3. The number of rotatable bonds is 2. The highest BCUT2D eigenvalue weighted by Crippen LogP contribution is 2.35. The number of hydrogen-bond donors (Lipinski definition) is 0. The van der Waals surface area contributed by atoms with Crippen LogP contribution in [0.4, 0.5) is 0 Å². The third-order valence-electron chi connectivity index (χ3n) is 2.36. The van der Waals surface area contributed by atoms with Gasteiger partial charge in [0.05, 0.1) is 0 Å². The van der Waals surface area contributed by atoms with Crippen molar-refractivity contribution in [3.63, 3.8) is 0 Å². The maximum absolute atomic E-state index is 4.47. The van der Waals surface area contributed by atoms with Crippen LogP contribution in [0, 0.1) is 0 Å². The zero-order chi connectivity index (χ0) is 8.39. The van der Waals surface area contributed by atoms with E-state index in [1.54, 1.807) is 11.8 Å². The summed E-state index contributed by atoms with van der Waals surface area (Å²) in [6, 6.07) is 2.05. The van der Waals surface area contributed by atoms with Gasteiger partial charge in [-0.05, 0) is 25.2 Å². The van der Waals surface area contributed by atoms with E-state index in [-0.39, 0.29) is 0 Å². The summed E-state index contributed by atoms with van der Waals surface area (Å²) in [4.78, 5) is 8.62. The maximum Gasteiger partial charge on any atom is 0.187 e. The molecule has 1 aliphatic rings. The van der Waals surface area contributed by atoms with Crippen LogP contribution in [0.5, 0.6) is 0 Å². The van der Waals surface area contributed by atoms with E-state index in [2.05, 4.69) is 9.97 Å². The first-order chi connectivity index (χ1) is 5.90. The minimum atomic E-state index is 0.721. The fourth-order valence-electron chi connectivity index (χ4n) is 1.38. The molecule has 0 atom stereocenters. The lowest BCUT2D eigenvalue weighted by atomic mass is 9.83. The van der Waals surface area contributed by atoms with Crippen LogP contribution in [0.25, 0.3) is 0 Å². The standard InChI is InChI=1S/C9H12N2S/c1-12-9-10-6-5-8(11-9)7-3-2-4-7/h5-7H,2-4H2,1H3. The Hall–Kier alpha value is -0.570. The number of aromatic nitrogens is 2. The average molecular weight is 180 g/mol. The molecule has 0 radical (unpaired) electrons. The second kappa shape index (κ2) is 3.44. The summed E-state index contributed by atoms with van der Waals surface area (Å²) in [6.07, 6.45) is 7.87. The summed E-state index contributed by atoms with van der Waals surface area (Å²) in [5.74, 6) is 0.721. The lowest BCUT2D eigenvalue weighted by Gasteiger charge is -2.24. The van der Waals surface area contributed by atoms with Crippen LogP contribution in [0.3, 0.4) is 0 Å². The molecule has 0 saturated heterocycles. The number of thioether (sulfide) groups is 1. The molecular weight excluding hydrogens is 168 g/mol. The Bertz CT molecular complexity index is 271. The molecule has 1 aliphatic carbocycles. The van der Waals surface area contributed by atoms with Crippen LogP contribution in [0.15, 0.2) is 17.4 Å². The largest absolute Gasteiger partial charge is 0.231 e. The second-order valence-corrected chi connectivity index (χ2v) is 3.87. The maximum atomic E-state index is 4.47. The molecule has 1 aromatic heterocycles. The Morgan fingerprint density at radius 1 is 1.50 bits per heavy atom. The van der Waals surface area contributed by atoms with E-state index >= 15 is 0 Å². The van der Waals surface area contributed by atoms with Gasteiger partial charge < -0.3 is 0 Å². The minimum Gasteiger partial charge on any atom is -0.231 e. The first-order valence-corrected chi connectivity index (χ1v) is 5.49. The van der Waals surface area contributed by atoms with E-state index in [1.165, 1.54) is 25.0 Å². The van der Waals surface area contributed by atoms with Crippen LogP contribution >= 0.6 is 11.8 Å². The van der Waals surface area contributed by atoms with Crippen LogP contribution in [0.2, 0.25) is 0 Å². The van der Waals surface area contributed by atoms with E-state index < -0.39 is 0 Å². The van der Waals surface area contributed by atoms with E-state index in [0.29, 0.717) is 0 Å². The van der Waals surface area contributed by atoms with Crippen molar-refractivity contribution in [2.45, 2.75) is 30.3 Å². The average Bonchev–Trinajstić information content (AvgIpc) is 2.02. The molecule has 1 fully saturated rings. The van der Waals surface area contributed by atoms with Gasteiger partial charge in [-0.15, -0.1) is 0 Å². The third-order valence-corrected chi connectivity index (χ3v) is 2.92. The highest BCUT2D eigenvalue weighted by atomic mass is 32.2. The third kappa shape index (κ3) is 1.46. The van der Waals surface area contributed by atoms with E-state index in [9.17, 15) is 0 Å². The van der Waals surface area contributed by atoms with Gasteiger partial charge in [0.1, 0.15) is 0 Å². The van der Waals surface area contributed by atoms with Crippen molar-refractivity contribution in [3.8, 4) is 0 Å². The summed E-state index contributed by atoms with van der Waals surface area (Å²) in [6.45, 7) is 0. The van der Waals surface area contributed by atoms with Crippen molar-refractivity contribution in [1.29, 1.82) is 0 Å². The van der Waals surface area contributed by atoms with Gasteiger partial charge in [-0.3, -0.25) is 0 Å². The predicted molar refractivity (Wildman–Crippen MR) is 50.4 cm³/mol. The molecule has 12 heavy (non-hydrogen) atoms.